The minimum atomic E-state index is -2.86. The lowest BCUT2D eigenvalue weighted by Crippen LogP contribution is -2.04. The number of aromatic carboxylic acids is 1. The number of aromatic nitrogens is 1. The SMILES string of the molecule is Cc1nc(Nc2ccc(OC(F)F)cc2)ccc1C(=O)O. The molecule has 0 atom stereocenters. The van der Waals surface area contributed by atoms with Crippen molar-refractivity contribution in [3.8, 4) is 5.75 Å². The van der Waals surface area contributed by atoms with Gasteiger partial charge in [-0.3, -0.25) is 0 Å². The molecule has 0 radical (unpaired) electrons. The van der Waals surface area contributed by atoms with Gasteiger partial charge in [0.1, 0.15) is 11.6 Å². The van der Waals surface area contributed by atoms with Gasteiger partial charge in [-0.1, -0.05) is 0 Å². The first-order valence-corrected chi connectivity index (χ1v) is 5.98. The summed E-state index contributed by atoms with van der Waals surface area (Å²) in [4.78, 5) is 15.0. The molecule has 0 aliphatic carbocycles. The average molecular weight is 294 g/mol. The normalized spacial score (nSPS) is 10.5. The maximum absolute atomic E-state index is 12.0. The molecular formula is C14H12F2N2O3. The van der Waals surface area contributed by atoms with Crippen LogP contribution in [0.5, 0.6) is 5.75 Å². The molecule has 0 aliphatic heterocycles. The molecule has 2 rings (SSSR count). The Hall–Kier alpha value is -2.70. The van der Waals surface area contributed by atoms with E-state index in [0.29, 0.717) is 17.2 Å². The largest absolute Gasteiger partial charge is 0.478 e. The quantitative estimate of drug-likeness (QED) is 0.884. The third-order valence-corrected chi connectivity index (χ3v) is 2.67. The van der Waals surface area contributed by atoms with Crippen LogP contribution in [0.3, 0.4) is 0 Å². The van der Waals surface area contributed by atoms with Crippen molar-refractivity contribution in [1.29, 1.82) is 0 Å². The number of rotatable bonds is 5. The smallest absolute Gasteiger partial charge is 0.387 e. The van der Waals surface area contributed by atoms with Gasteiger partial charge in [-0.15, -0.1) is 0 Å². The fourth-order valence-corrected chi connectivity index (χ4v) is 1.72. The summed E-state index contributed by atoms with van der Waals surface area (Å²) in [6, 6.07) is 8.88. The highest BCUT2D eigenvalue weighted by Gasteiger charge is 2.09. The number of hydrogen-bond donors (Lipinski definition) is 2. The van der Waals surface area contributed by atoms with Crippen molar-refractivity contribution in [2.75, 3.05) is 5.32 Å². The number of ether oxygens (including phenoxy) is 1. The zero-order valence-corrected chi connectivity index (χ0v) is 11.0. The maximum atomic E-state index is 12.0. The Labute approximate surface area is 119 Å². The zero-order chi connectivity index (χ0) is 15.4. The third kappa shape index (κ3) is 3.88. The fraction of sp³-hybridized carbons (Fsp3) is 0.143. The lowest BCUT2D eigenvalue weighted by atomic mass is 10.2. The van der Waals surface area contributed by atoms with Gasteiger partial charge in [0, 0.05) is 5.69 Å². The molecule has 21 heavy (non-hydrogen) atoms. The number of aryl methyl sites for hydroxylation is 1. The fourth-order valence-electron chi connectivity index (χ4n) is 1.72. The van der Waals surface area contributed by atoms with Crippen LogP contribution in [0.4, 0.5) is 20.3 Å². The summed E-state index contributed by atoms with van der Waals surface area (Å²) in [6.07, 6.45) is 0. The van der Waals surface area contributed by atoms with E-state index >= 15 is 0 Å². The van der Waals surface area contributed by atoms with Crippen molar-refractivity contribution in [2.24, 2.45) is 0 Å². The number of hydrogen-bond acceptors (Lipinski definition) is 4. The topological polar surface area (TPSA) is 71.5 Å². The number of carboxylic acids is 1. The van der Waals surface area contributed by atoms with Crippen LogP contribution in [0.15, 0.2) is 36.4 Å². The summed E-state index contributed by atoms with van der Waals surface area (Å²) in [5.74, 6) is -0.527. The molecule has 2 N–H and O–H groups in total. The van der Waals surface area contributed by atoms with Crippen molar-refractivity contribution >= 4 is 17.5 Å². The highest BCUT2D eigenvalue weighted by Crippen LogP contribution is 2.21. The Kier molecular flexibility index (Phi) is 4.32. The monoisotopic (exact) mass is 294 g/mol. The lowest BCUT2D eigenvalue weighted by molar-refractivity contribution is -0.0498. The summed E-state index contributed by atoms with van der Waals surface area (Å²) in [7, 11) is 0. The standard InChI is InChI=1S/C14H12F2N2O3/c1-8-11(13(19)20)6-7-12(17-8)18-9-2-4-10(5-3-9)21-14(15)16/h2-7,14H,1H3,(H,17,18)(H,19,20). The molecule has 1 heterocycles. The molecule has 0 spiro atoms. The maximum Gasteiger partial charge on any atom is 0.387 e. The van der Waals surface area contributed by atoms with Crippen molar-refractivity contribution in [1.82, 2.24) is 4.98 Å². The molecule has 0 unspecified atom stereocenters. The Morgan fingerprint density at radius 1 is 1.24 bits per heavy atom. The molecule has 0 saturated heterocycles. The van der Waals surface area contributed by atoms with Crippen LogP contribution < -0.4 is 10.1 Å². The van der Waals surface area contributed by atoms with Crippen LogP contribution in [-0.4, -0.2) is 22.7 Å². The van der Waals surface area contributed by atoms with E-state index in [-0.39, 0.29) is 11.3 Å². The van der Waals surface area contributed by atoms with E-state index in [0.717, 1.165) is 0 Å². The Morgan fingerprint density at radius 3 is 2.43 bits per heavy atom. The zero-order valence-electron chi connectivity index (χ0n) is 11.0. The average Bonchev–Trinajstić information content (AvgIpc) is 2.40. The number of carboxylic acid groups (broad SMARTS) is 1. The minimum Gasteiger partial charge on any atom is -0.478 e. The number of pyridine rings is 1. The number of carbonyl (C=O) groups is 1. The van der Waals surface area contributed by atoms with Gasteiger partial charge in [0.15, 0.2) is 0 Å². The van der Waals surface area contributed by atoms with E-state index in [4.69, 9.17) is 5.11 Å². The predicted molar refractivity (Wildman–Crippen MR) is 72.3 cm³/mol. The Morgan fingerprint density at radius 2 is 1.90 bits per heavy atom. The lowest BCUT2D eigenvalue weighted by Gasteiger charge is -2.09. The van der Waals surface area contributed by atoms with Gasteiger partial charge in [-0.25, -0.2) is 9.78 Å². The van der Waals surface area contributed by atoms with E-state index in [2.05, 4.69) is 15.0 Å². The molecule has 5 nitrogen and oxygen atoms in total. The van der Waals surface area contributed by atoms with Crippen LogP contribution in [0.2, 0.25) is 0 Å². The van der Waals surface area contributed by atoms with Gasteiger partial charge < -0.3 is 15.2 Å². The molecule has 7 heteroatoms. The van der Waals surface area contributed by atoms with Crippen LogP contribution >= 0.6 is 0 Å². The second-order valence-electron chi connectivity index (χ2n) is 4.16. The van der Waals surface area contributed by atoms with Crippen molar-refractivity contribution in [3.63, 3.8) is 0 Å². The van der Waals surface area contributed by atoms with Crippen LogP contribution in [-0.2, 0) is 0 Å². The van der Waals surface area contributed by atoms with E-state index in [9.17, 15) is 13.6 Å². The molecule has 0 fully saturated rings. The molecule has 1 aromatic carbocycles. The first-order valence-electron chi connectivity index (χ1n) is 5.98. The van der Waals surface area contributed by atoms with Crippen LogP contribution in [0.1, 0.15) is 16.1 Å². The summed E-state index contributed by atoms with van der Waals surface area (Å²) in [6.45, 7) is -1.27. The number of halogens is 2. The number of benzene rings is 1. The molecule has 1 aromatic heterocycles. The number of anilines is 2. The molecule has 0 saturated carbocycles. The minimum absolute atomic E-state index is 0.0564. The molecular weight excluding hydrogens is 282 g/mol. The van der Waals surface area contributed by atoms with Gasteiger partial charge in [-0.05, 0) is 43.3 Å². The molecule has 110 valence electrons. The summed E-state index contributed by atoms with van der Waals surface area (Å²) < 4.78 is 28.3. The summed E-state index contributed by atoms with van der Waals surface area (Å²) in [5, 5.41) is 11.9. The summed E-state index contributed by atoms with van der Waals surface area (Å²) in [5.41, 5.74) is 1.12. The van der Waals surface area contributed by atoms with Crippen LogP contribution in [0, 0.1) is 6.92 Å². The van der Waals surface area contributed by atoms with Gasteiger partial charge in [0.05, 0.1) is 11.3 Å². The Balaban J connectivity index is 2.11. The first-order chi connectivity index (χ1) is 9.95. The number of nitrogens with one attached hydrogen (secondary N) is 1. The van der Waals surface area contributed by atoms with E-state index in [1.807, 2.05) is 0 Å². The highest BCUT2D eigenvalue weighted by atomic mass is 19.3. The number of nitrogens with zero attached hydrogens (tertiary/aromatic N) is 1. The van der Waals surface area contributed by atoms with Gasteiger partial charge >= 0.3 is 12.6 Å². The van der Waals surface area contributed by atoms with Crippen LogP contribution in [0.25, 0.3) is 0 Å². The summed E-state index contributed by atoms with van der Waals surface area (Å²) >= 11 is 0. The molecule has 2 aromatic rings. The first kappa shape index (κ1) is 14.7. The second-order valence-corrected chi connectivity index (χ2v) is 4.16. The highest BCUT2D eigenvalue weighted by molar-refractivity contribution is 5.89. The van der Waals surface area contributed by atoms with Crippen molar-refractivity contribution in [2.45, 2.75) is 13.5 Å². The van der Waals surface area contributed by atoms with E-state index in [1.54, 1.807) is 19.1 Å². The number of alkyl halides is 2. The van der Waals surface area contributed by atoms with E-state index < -0.39 is 12.6 Å². The Bertz CT molecular complexity index is 645. The molecule has 0 amide bonds. The molecule has 0 bridgehead atoms. The van der Waals surface area contributed by atoms with Crippen molar-refractivity contribution in [3.05, 3.63) is 47.7 Å². The van der Waals surface area contributed by atoms with Gasteiger partial charge in [-0.2, -0.15) is 8.78 Å². The van der Waals surface area contributed by atoms with Gasteiger partial charge in [0.2, 0.25) is 0 Å². The second kappa shape index (κ2) is 6.17. The third-order valence-electron chi connectivity index (χ3n) is 2.67. The van der Waals surface area contributed by atoms with E-state index in [1.165, 1.54) is 24.3 Å². The van der Waals surface area contributed by atoms with Gasteiger partial charge in [0.25, 0.3) is 0 Å². The predicted octanol–water partition coefficient (Wildman–Crippen LogP) is 3.43. The van der Waals surface area contributed by atoms with Crippen molar-refractivity contribution < 1.29 is 23.4 Å². The molecule has 0 aliphatic rings.